The van der Waals surface area contributed by atoms with Crippen molar-refractivity contribution in [2.45, 2.75) is 63.9 Å². The smallest absolute Gasteiger partial charge is 0.337 e. The van der Waals surface area contributed by atoms with Crippen molar-refractivity contribution < 1.29 is 14.3 Å². The van der Waals surface area contributed by atoms with Gasteiger partial charge < -0.3 is 10.1 Å². The zero-order chi connectivity index (χ0) is 17.4. The number of carbonyl (C=O) groups is 2. The van der Waals surface area contributed by atoms with Crippen LogP contribution in [0.25, 0.3) is 0 Å². The average Bonchev–Trinajstić information content (AvgIpc) is 3.27. The van der Waals surface area contributed by atoms with Crippen molar-refractivity contribution in [2.24, 2.45) is 0 Å². The number of hydrogen-bond acceptors (Lipinski definition) is 5. The third-order valence-corrected chi connectivity index (χ3v) is 6.34. The zero-order valence-corrected chi connectivity index (χ0v) is 15.3. The number of Topliss-reactive ketones (excluding diaryl/α,β-unsaturated/α-hetero) is 1. The summed E-state index contributed by atoms with van der Waals surface area (Å²) in [6, 6.07) is 3.99. The average molecular weight is 357 g/mol. The summed E-state index contributed by atoms with van der Waals surface area (Å²) in [5, 5.41) is 5.34. The van der Waals surface area contributed by atoms with E-state index in [2.05, 4.69) is 5.32 Å². The van der Waals surface area contributed by atoms with Gasteiger partial charge in [-0.25, -0.2) is 4.79 Å². The lowest BCUT2D eigenvalue weighted by Crippen LogP contribution is -2.34. The van der Waals surface area contributed by atoms with Crippen LogP contribution in [0.4, 0.5) is 0 Å². The van der Waals surface area contributed by atoms with E-state index < -0.39 is 0 Å². The molecule has 1 fully saturated rings. The molecule has 1 aromatic heterocycles. The Labute approximate surface area is 152 Å². The third-order valence-electron chi connectivity index (χ3n) is 5.40. The Bertz CT molecular complexity index is 754. The Morgan fingerprint density at radius 3 is 2.76 bits per heavy atom. The van der Waals surface area contributed by atoms with Gasteiger partial charge in [0.05, 0.1) is 11.5 Å². The number of allylic oxidation sites excluding steroid dienone is 3. The van der Waals surface area contributed by atoms with E-state index in [9.17, 15) is 9.59 Å². The Morgan fingerprint density at radius 1 is 1.24 bits per heavy atom. The highest BCUT2D eigenvalue weighted by atomic mass is 32.1. The van der Waals surface area contributed by atoms with Crippen molar-refractivity contribution in [3.05, 3.63) is 44.9 Å². The highest BCUT2D eigenvalue weighted by Gasteiger charge is 2.40. The molecular weight excluding hydrogens is 334 g/mol. The summed E-state index contributed by atoms with van der Waals surface area (Å²) < 4.78 is 5.80. The van der Waals surface area contributed by atoms with Gasteiger partial charge >= 0.3 is 5.97 Å². The van der Waals surface area contributed by atoms with Gasteiger partial charge in [0.25, 0.3) is 0 Å². The van der Waals surface area contributed by atoms with E-state index in [0.717, 1.165) is 60.4 Å². The molecule has 3 aliphatic rings. The fourth-order valence-electron chi connectivity index (χ4n) is 4.21. The van der Waals surface area contributed by atoms with Crippen LogP contribution < -0.4 is 5.32 Å². The Kier molecular flexibility index (Phi) is 4.50. The number of dihydropyridines is 1. The highest BCUT2D eigenvalue weighted by Crippen LogP contribution is 2.44. The minimum atomic E-state index is -0.280. The van der Waals surface area contributed by atoms with Crippen LogP contribution in [-0.2, 0) is 14.3 Å². The molecule has 1 N–H and O–H groups in total. The first-order valence-electron chi connectivity index (χ1n) is 9.13. The van der Waals surface area contributed by atoms with Crippen molar-refractivity contribution in [3.63, 3.8) is 0 Å². The van der Waals surface area contributed by atoms with E-state index in [1.807, 2.05) is 24.4 Å². The first-order valence-corrected chi connectivity index (χ1v) is 10.0. The lowest BCUT2D eigenvalue weighted by atomic mass is 9.78. The summed E-state index contributed by atoms with van der Waals surface area (Å²) in [4.78, 5) is 26.7. The summed E-state index contributed by atoms with van der Waals surface area (Å²) in [5.74, 6) is -0.385. The highest BCUT2D eigenvalue weighted by molar-refractivity contribution is 7.10. The van der Waals surface area contributed by atoms with E-state index in [1.165, 1.54) is 0 Å². The SMILES string of the molecule is CC1=C(C(=O)OC2CCCC2)[C@@H](c2cccs2)C2=C(CCCC2=O)N1. The second-order valence-electron chi connectivity index (χ2n) is 7.09. The molecule has 0 radical (unpaired) electrons. The first-order chi connectivity index (χ1) is 12.1. The number of ether oxygens (including phenoxy) is 1. The molecule has 132 valence electrons. The van der Waals surface area contributed by atoms with Crippen molar-refractivity contribution in [1.29, 1.82) is 0 Å². The van der Waals surface area contributed by atoms with E-state index in [-0.39, 0.29) is 23.8 Å². The molecule has 1 aromatic rings. The molecule has 2 heterocycles. The maximum Gasteiger partial charge on any atom is 0.337 e. The fraction of sp³-hybridized carbons (Fsp3) is 0.500. The molecule has 4 rings (SSSR count). The normalized spacial score (nSPS) is 24.4. The predicted octanol–water partition coefficient (Wildman–Crippen LogP) is 4.20. The molecule has 5 heteroatoms. The van der Waals surface area contributed by atoms with Crippen molar-refractivity contribution in [1.82, 2.24) is 5.32 Å². The van der Waals surface area contributed by atoms with Crippen molar-refractivity contribution in [2.75, 3.05) is 0 Å². The number of nitrogens with one attached hydrogen (secondary N) is 1. The van der Waals surface area contributed by atoms with Crippen LogP contribution >= 0.6 is 11.3 Å². The lowest BCUT2D eigenvalue weighted by molar-refractivity contribution is -0.144. The molecule has 0 saturated heterocycles. The maximum atomic E-state index is 13.0. The quantitative estimate of drug-likeness (QED) is 0.824. The number of rotatable bonds is 3. The van der Waals surface area contributed by atoms with Crippen LogP contribution in [0, 0.1) is 0 Å². The molecular formula is C20H23NO3S. The second-order valence-corrected chi connectivity index (χ2v) is 8.07. The summed E-state index contributed by atoms with van der Waals surface area (Å²) in [5.41, 5.74) is 3.21. The molecule has 0 unspecified atom stereocenters. The molecule has 25 heavy (non-hydrogen) atoms. The van der Waals surface area contributed by atoms with Crippen LogP contribution in [0.15, 0.2) is 40.1 Å². The van der Waals surface area contributed by atoms with Gasteiger partial charge in [-0.05, 0) is 56.9 Å². The second kappa shape index (κ2) is 6.79. The molecule has 4 nitrogen and oxygen atoms in total. The Morgan fingerprint density at radius 2 is 2.04 bits per heavy atom. The first kappa shape index (κ1) is 16.6. The van der Waals surface area contributed by atoms with Crippen LogP contribution in [0.1, 0.15) is 62.7 Å². The van der Waals surface area contributed by atoms with E-state index in [0.29, 0.717) is 12.0 Å². The van der Waals surface area contributed by atoms with Crippen molar-refractivity contribution in [3.8, 4) is 0 Å². The molecule has 2 aliphatic carbocycles. The van der Waals surface area contributed by atoms with Gasteiger partial charge in [-0.2, -0.15) is 0 Å². The molecule has 0 amide bonds. The number of carbonyl (C=O) groups excluding carboxylic acids is 2. The summed E-state index contributed by atoms with van der Waals surface area (Å²) in [7, 11) is 0. The minimum Gasteiger partial charge on any atom is -0.459 e. The van der Waals surface area contributed by atoms with Crippen LogP contribution in [0.5, 0.6) is 0 Å². The molecule has 0 spiro atoms. The van der Waals surface area contributed by atoms with Gasteiger partial charge in [-0.1, -0.05) is 6.07 Å². The predicted molar refractivity (Wildman–Crippen MR) is 97.1 cm³/mol. The van der Waals surface area contributed by atoms with Gasteiger partial charge in [-0.15, -0.1) is 11.3 Å². The van der Waals surface area contributed by atoms with E-state index in [4.69, 9.17) is 4.74 Å². The van der Waals surface area contributed by atoms with Crippen LogP contribution in [0.2, 0.25) is 0 Å². The van der Waals surface area contributed by atoms with Gasteiger partial charge in [0, 0.05) is 28.3 Å². The minimum absolute atomic E-state index is 0.0224. The van der Waals surface area contributed by atoms with Gasteiger partial charge in [0.2, 0.25) is 0 Å². The summed E-state index contributed by atoms with van der Waals surface area (Å²) >= 11 is 1.60. The van der Waals surface area contributed by atoms with Crippen LogP contribution in [0.3, 0.4) is 0 Å². The summed E-state index contributed by atoms with van der Waals surface area (Å²) in [6.07, 6.45) is 6.46. The van der Waals surface area contributed by atoms with Crippen LogP contribution in [-0.4, -0.2) is 17.9 Å². The topological polar surface area (TPSA) is 55.4 Å². The number of hydrogen-bond donors (Lipinski definition) is 1. The molecule has 0 bridgehead atoms. The van der Waals surface area contributed by atoms with Gasteiger partial charge in [0.1, 0.15) is 6.10 Å². The Balaban J connectivity index is 1.73. The summed E-state index contributed by atoms with van der Waals surface area (Å²) in [6.45, 7) is 1.93. The number of ketones is 1. The number of thiophene rings is 1. The molecule has 1 atom stereocenters. The molecule has 1 aliphatic heterocycles. The molecule has 0 aromatic carbocycles. The Hall–Kier alpha value is -1.88. The van der Waals surface area contributed by atoms with Crippen molar-refractivity contribution >= 4 is 23.1 Å². The van der Waals surface area contributed by atoms with Gasteiger partial charge in [0.15, 0.2) is 5.78 Å². The largest absolute Gasteiger partial charge is 0.459 e. The lowest BCUT2D eigenvalue weighted by Gasteiger charge is -2.33. The standard InChI is InChI=1S/C20H23NO3S/c1-12-17(20(23)24-13-6-2-3-7-13)19(16-10-5-11-25-16)18-14(21-12)8-4-9-15(18)22/h5,10-11,13,19,21H,2-4,6-9H2,1H3/t19-/m1/s1. The fourth-order valence-corrected chi connectivity index (χ4v) is 5.06. The van der Waals surface area contributed by atoms with E-state index >= 15 is 0 Å². The molecule has 1 saturated carbocycles. The van der Waals surface area contributed by atoms with Gasteiger partial charge in [-0.3, -0.25) is 4.79 Å². The third kappa shape index (κ3) is 3.06. The monoisotopic (exact) mass is 357 g/mol. The van der Waals surface area contributed by atoms with E-state index in [1.54, 1.807) is 11.3 Å². The number of esters is 1. The zero-order valence-electron chi connectivity index (χ0n) is 14.5. The maximum absolute atomic E-state index is 13.0.